The lowest BCUT2D eigenvalue weighted by atomic mass is 9.98. The number of hydrogen-bond donors (Lipinski definition) is 3. The molecule has 232 valence electrons. The Labute approximate surface area is 255 Å². The fourth-order valence-corrected chi connectivity index (χ4v) is 5.44. The number of nitrogens with two attached hydrogens (primary N) is 1. The Morgan fingerprint density at radius 3 is 2.14 bits per heavy atom. The summed E-state index contributed by atoms with van der Waals surface area (Å²) in [6.07, 6.45) is -0.802. The smallest absolute Gasteiger partial charge is 0.363 e. The highest BCUT2D eigenvalue weighted by atomic mass is 32.2. The van der Waals surface area contributed by atoms with Crippen molar-refractivity contribution in [2.45, 2.75) is 37.6 Å². The van der Waals surface area contributed by atoms with Crippen LogP contribution in [0, 0.1) is 0 Å². The molecule has 1 aromatic heterocycles. The summed E-state index contributed by atoms with van der Waals surface area (Å²) in [5, 5.41) is 7.38. The first kappa shape index (κ1) is 32.1. The first-order chi connectivity index (χ1) is 20.7. The maximum absolute atomic E-state index is 13.4. The van der Waals surface area contributed by atoms with Gasteiger partial charge in [-0.25, -0.2) is 14.6 Å². The first-order valence-corrected chi connectivity index (χ1v) is 15.0. The summed E-state index contributed by atoms with van der Waals surface area (Å²) in [5.74, 6) is -4.53. The van der Waals surface area contributed by atoms with Crippen molar-refractivity contribution in [3.8, 4) is 0 Å². The van der Waals surface area contributed by atoms with Crippen LogP contribution in [0.3, 0.4) is 0 Å². The minimum Gasteiger partial charge on any atom is -0.467 e. The van der Waals surface area contributed by atoms with Crippen molar-refractivity contribution in [3.05, 3.63) is 82.9 Å². The number of amides is 2. The maximum Gasteiger partial charge on any atom is 0.363 e. The van der Waals surface area contributed by atoms with E-state index in [1.807, 2.05) is 12.1 Å². The van der Waals surface area contributed by atoms with Gasteiger partial charge in [0.15, 0.2) is 23.0 Å². The number of carbonyl (C=O) groups is 4. The summed E-state index contributed by atoms with van der Waals surface area (Å²) < 4.78 is 42.8. The van der Waals surface area contributed by atoms with Crippen molar-refractivity contribution in [2.75, 3.05) is 12.8 Å². The minimum absolute atomic E-state index is 0.0393. The number of oxime groups is 1. The van der Waals surface area contributed by atoms with Crippen LogP contribution in [0.25, 0.3) is 0 Å². The molecule has 4 N–H and O–H groups in total. The van der Waals surface area contributed by atoms with Crippen LogP contribution in [0.2, 0.25) is 0 Å². The molecule has 2 heterocycles. The number of hydrogen-bond acceptors (Lipinski definition) is 13. The fraction of sp³-hybridized carbons (Fsp3) is 0.259. The van der Waals surface area contributed by atoms with Gasteiger partial charge >= 0.3 is 22.2 Å². The van der Waals surface area contributed by atoms with Gasteiger partial charge in [-0.1, -0.05) is 65.8 Å². The molecule has 4 rings (SSSR count). The second-order valence-electron chi connectivity index (χ2n) is 9.75. The molecule has 0 radical (unpaired) electrons. The zero-order chi connectivity index (χ0) is 32.2. The molecule has 0 aliphatic carbocycles. The predicted molar refractivity (Wildman–Crippen MR) is 155 cm³/mol. The summed E-state index contributed by atoms with van der Waals surface area (Å²) in [7, 11) is -4.23. The van der Waals surface area contributed by atoms with E-state index in [4.69, 9.17) is 15.3 Å². The molecule has 17 heteroatoms. The van der Waals surface area contributed by atoms with Gasteiger partial charge in [0.25, 0.3) is 11.8 Å². The predicted octanol–water partition coefficient (Wildman–Crippen LogP) is 1.23. The van der Waals surface area contributed by atoms with E-state index in [1.165, 1.54) is 19.2 Å². The molecule has 3 aromatic rings. The molecule has 2 atom stereocenters. The number of esters is 2. The van der Waals surface area contributed by atoms with Crippen molar-refractivity contribution in [3.63, 3.8) is 0 Å². The molecule has 0 bridgehead atoms. The second-order valence-corrected chi connectivity index (χ2v) is 11.9. The summed E-state index contributed by atoms with van der Waals surface area (Å²) in [4.78, 5) is 60.8. The van der Waals surface area contributed by atoms with E-state index in [0.29, 0.717) is 11.1 Å². The number of nitrogens with one attached hydrogen (secondary N) is 1. The largest absolute Gasteiger partial charge is 0.467 e. The van der Waals surface area contributed by atoms with Crippen molar-refractivity contribution in [2.24, 2.45) is 5.16 Å². The second kappa shape index (κ2) is 12.8. The number of anilines is 1. The third-order valence-corrected chi connectivity index (χ3v) is 7.87. The van der Waals surface area contributed by atoms with Gasteiger partial charge in [-0.05, 0) is 25.0 Å². The molecule has 0 unspecified atom stereocenters. The number of ether oxygens (including phenoxy) is 2. The monoisotopic (exact) mass is 645 g/mol. The summed E-state index contributed by atoms with van der Waals surface area (Å²) in [6, 6.07) is 14.3. The molecule has 1 aliphatic rings. The van der Waals surface area contributed by atoms with Crippen LogP contribution in [0.5, 0.6) is 0 Å². The Morgan fingerprint density at radius 1 is 1.09 bits per heavy atom. The number of benzene rings is 2. The Bertz CT molecular complexity index is 1650. The summed E-state index contributed by atoms with van der Waals surface area (Å²) >= 11 is 0.942. The topological polar surface area (TPSA) is 217 Å². The Morgan fingerprint density at radius 2 is 1.66 bits per heavy atom. The van der Waals surface area contributed by atoms with Crippen LogP contribution in [-0.2, 0) is 43.8 Å². The molecular formula is C27H27N5O10S2. The molecule has 1 aliphatic heterocycles. The van der Waals surface area contributed by atoms with Gasteiger partial charge in [0.1, 0.15) is 11.7 Å². The number of β-lactam (4-membered cyclic amide) rings is 1. The van der Waals surface area contributed by atoms with E-state index in [-0.39, 0.29) is 15.1 Å². The van der Waals surface area contributed by atoms with Gasteiger partial charge in [-0.15, -0.1) is 11.3 Å². The number of carbonyl (C=O) groups excluding carboxylic acids is 4. The summed E-state index contributed by atoms with van der Waals surface area (Å²) in [6.45, 7) is 2.70. The Hall–Kier alpha value is -4.87. The van der Waals surface area contributed by atoms with E-state index in [9.17, 15) is 32.1 Å². The summed E-state index contributed by atoms with van der Waals surface area (Å²) in [5.41, 5.74) is 4.62. The van der Waals surface area contributed by atoms with Crippen LogP contribution in [0.15, 0.2) is 71.2 Å². The van der Waals surface area contributed by atoms with Crippen LogP contribution >= 0.6 is 11.3 Å². The third-order valence-electron chi connectivity index (χ3n) is 6.30. The highest BCUT2D eigenvalue weighted by Gasteiger charge is 2.58. The van der Waals surface area contributed by atoms with Gasteiger partial charge in [0, 0.05) is 5.38 Å². The molecule has 44 heavy (non-hydrogen) atoms. The average molecular weight is 646 g/mol. The Kier molecular flexibility index (Phi) is 9.31. The van der Waals surface area contributed by atoms with Gasteiger partial charge in [-0.3, -0.25) is 14.1 Å². The normalized spacial score (nSPS) is 17.1. The molecule has 1 saturated heterocycles. The third kappa shape index (κ3) is 6.85. The van der Waals surface area contributed by atoms with Crippen LogP contribution in [0.4, 0.5) is 5.13 Å². The Balaban J connectivity index is 1.59. The van der Waals surface area contributed by atoms with E-state index in [1.54, 1.807) is 48.5 Å². The lowest BCUT2D eigenvalue weighted by molar-refractivity contribution is -0.172. The van der Waals surface area contributed by atoms with E-state index >= 15 is 0 Å². The van der Waals surface area contributed by atoms with E-state index < -0.39 is 63.6 Å². The van der Waals surface area contributed by atoms with Crippen LogP contribution in [-0.4, -0.2) is 76.5 Å². The zero-order valence-corrected chi connectivity index (χ0v) is 25.1. The quantitative estimate of drug-likeness (QED) is 0.0882. The lowest BCUT2D eigenvalue weighted by Crippen LogP contribution is -2.74. The molecule has 0 saturated carbocycles. The lowest BCUT2D eigenvalue weighted by Gasteiger charge is -2.41. The van der Waals surface area contributed by atoms with Gasteiger partial charge in [0.05, 0.1) is 7.11 Å². The molecule has 1 fully saturated rings. The van der Waals surface area contributed by atoms with Crippen molar-refractivity contribution in [1.82, 2.24) is 14.6 Å². The van der Waals surface area contributed by atoms with Gasteiger partial charge in [0.2, 0.25) is 5.60 Å². The highest BCUT2D eigenvalue weighted by molar-refractivity contribution is 7.84. The fourth-order valence-electron chi connectivity index (χ4n) is 4.05. The van der Waals surface area contributed by atoms with E-state index in [0.717, 1.165) is 18.4 Å². The molecule has 0 spiro atoms. The first-order valence-electron chi connectivity index (χ1n) is 12.7. The van der Waals surface area contributed by atoms with Crippen LogP contribution in [0.1, 0.15) is 36.8 Å². The van der Waals surface area contributed by atoms with Crippen LogP contribution < -0.4 is 11.1 Å². The number of aromatic nitrogens is 1. The number of rotatable bonds is 11. The molecule has 2 amide bonds. The number of thiazole rings is 1. The maximum atomic E-state index is 13.4. The minimum atomic E-state index is -5.15. The van der Waals surface area contributed by atoms with Crippen molar-refractivity contribution >= 4 is 56.2 Å². The number of methoxy groups -OCH3 is 1. The van der Waals surface area contributed by atoms with Gasteiger partial charge in [-0.2, -0.15) is 12.7 Å². The van der Waals surface area contributed by atoms with Gasteiger partial charge < -0.3 is 25.4 Å². The molecule has 2 aromatic carbocycles. The van der Waals surface area contributed by atoms with Crippen molar-refractivity contribution in [1.29, 1.82) is 0 Å². The molecule has 15 nitrogen and oxygen atoms in total. The highest BCUT2D eigenvalue weighted by Crippen LogP contribution is 2.29. The standard InChI is InChI=1S/C27H27N5O10S2/c1-27(2,25(36)41-21(15-10-6-4-7-11-15)16-12-8-5-9-13-16)42-31-18(17-14-43-26(28)29-17)22(33)30-19-20(24(35)40-3)32(23(19)34)44(37,38)39/h4-14,19-21H,1-3H3,(H2,28,29)(H,30,33)(H,37,38,39)/t19-,20-/m1/s1. The molecular weight excluding hydrogens is 618 g/mol. The SMILES string of the molecule is COC(=O)[C@H]1[C@@H](NC(=O)C(=NOC(C)(C)C(=O)OC(c2ccccc2)c2ccccc2)c2csc(N)n2)C(=O)N1S(=O)(=O)O. The number of nitrogen functional groups attached to an aromatic ring is 1. The average Bonchev–Trinajstić information content (AvgIpc) is 3.42. The number of nitrogens with zero attached hydrogens (tertiary/aromatic N) is 3. The zero-order valence-electron chi connectivity index (χ0n) is 23.4. The van der Waals surface area contributed by atoms with Crippen molar-refractivity contribution < 1.29 is 46.5 Å². The van der Waals surface area contributed by atoms with E-state index in [2.05, 4.69) is 20.2 Å².